The van der Waals surface area contributed by atoms with E-state index in [2.05, 4.69) is 43.1 Å². The van der Waals surface area contributed by atoms with Crippen LogP contribution in [0.4, 0.5) is 0 Å². The summed E-state index contributed by atoms with van der Waals surface area (Å²) in [5.41, 5.74) is 8.61. The van der Waals surface area contributed by atoms with Crippen molar-refractivity contribution in [3.05, 3.63) is 35.4 Å². The number of aryl methyl sites for hydroxylation is 1. The maximum atomic E-state index is 12.4. The van der Waals surface area contributed by atoms with Gasteiger partial charge in [0.1, 0.15) is 0 Å². The maximum Gasteiger partial charge on any atom is 0.237 e. The van der Waals surface area contributed by atoms with Gasteiger partial charge in [-0.2, -0.15) is 0 Å². The molecule has 122 valence electrons. The molecule has 1 aromatic carbocycles. The smallest absolute Gasteiger partial charge is 0.237 e. The van der Waals surface area contributed by atoms with Crippen LogP contribution in [0, 0.1) is 12.3 Å². The van der Waals surface area contributed by atoms with E-state index in [4.69, 9.17) is 5.73 Å². The summed E-state index contributed by atoms with van der Waals surface area (Å²) in [6.07, 6.45) is 0.947. The van der Waals surface area contributed by atoms with E-state index in [0.717, 1.165) is 19.5 Å². The third-order valence-electron chi connectivity index (χ3n) is 4.98. The van der Waals surface area contributed by atoms with Crippen LogP contribution in [0.25, 0.3) is 0 Å². The first-order valence-corrected chi connectivity index (χ1v) is 8.13. The Morgan fingerprint density at radius 3 is 2.77 bits per heavy atom. The summed E-state index contributed by atoms with van der Waals surface area (Å²) in [6, 6.07) is 8.25. The van der Waals surface area contributed by atoms with Crippen molar-refractivity contribution in [1.29, 1.82) is 0 Å². The zero-order chi connectivity index (χ0) is 16.3. The van der Waals surface area contributed by atoms with E-state index < -0.39 is 0 Å². The van der Waals surface area contributed by atoms with Gasteiger partial charge in [0, 0.05) is 25.7 Å². The second-order valence-corrected chi connectivity index (χ2v) is 7.17. The van der Waals surface area contributed by atoms with Crippen molar-refractivity contribution in [3.63, 3.8) is 0 Å². The summed E-state index contributed by atoms with van der Waals surface area (Å²) in [6.45, 7) is 10.8. The summed E-state index contributed by atoms with van der Waals surface area (Å²) >= 11 is 0. The van der Waals surface area contributed by atoms with Crippen LogP contribution in [0.1, 0.15) is 38.3 Å². The minimum atomic E-state index is -0.115. The number of nitrogens with two attached hydrogens (primary N) is 1. The number of carbonyl (C=O) groups is 1. The predicted molar refractivity (Wildman–Crippen MR) is 90.4 cm³/mol. The molecule has 3 N–H and O–H groups in total. The van der Waals surface area contributed by atoms with Crippen molar-refractivity contribution in [2.45, 2.75) is 52.7 Å². The fraction of sp³-hybridized carbons (Fsp3) is 0.611. The molecule has 0 radical (unpaired) electrons. The number of hydrogen-bond acceptors (Lipinski definition) is 3. The van der Waals surface area contributed by atoms with Crippen molar-refractivity contribution >= 4 is 5.91 Å². The number of hydrogen-bond donors (Lipinski definition) is 2. The van der Waals surface area contributed by atoms with E-state index in [1.807, 2.05) is 19.1 Å². The van der Waals surface area contributed by atoms with Crippen molar-refractivity contribution < 1.29 is 4.79 Å². The Hall–Kier alpha value is -1.39. The second-order valence-electron chi connectivity index (χ2n) is 7.17. The fourth-order valence-electron chi connectivity index (χ4n) is 3.05. The Labute approximate surface area is 134 Å². The standard InChI is InChI=1S/C18H29N3O/c1-13-7-5-6-8-15(13)11-20-17(22)14(2)21-10-9-16(19)18(3,4)12-21/h5-8,14,16H,9-12,19H2,1-4H3,(H,20,22). The van der Waals surface area contributed by atoms with E-state index >= 15 is 0 Å². The number of rotatable bonds is 4. The molecule has 2 atom stereocenters. The zero-order valence-electron chi connectivity index (χ0n) is 14.2. The van der Waals surface area contributed by atoms with Gasteiger partial charge in [0.15, 0.2) is 0 Å². The molecule has 2 rings (SSSR count). The van der Waals surface area contributed by atoms with Gasteiger partial charge in [-0.15, -0.1) is 0 Å². The Kier molecular flexibility index (Phi) is 5.24. The van der Waals surface area contributed by atoms with Crippen LogP contribution < -0.4 is 11.1 Å². The number of amides is 1. The highest BCUT2D eigenvalue weighted by Gasteiger charge is 2.36. The van der Waals surface area contributed by atoms with Crippen LogP contribution >= 0.6 is 0 Å². The molecule has 4 heteroatoms. The van der Waals surface area contributed by atoms with Crippen molar-refractivity contribution in [2.24, 2.45) is 11.1 Å². The van der Waals surface area contributed by atoms with Gasteiger partial charge in [-0.25, -0.2) is 0 Å². The van der Waals surface area contributed by atoms with Gasteiger partial charge < -0.3 is 11.1 Å². The molecule has 0 aromatic heterocycles. The minimum absolute atomic E-state index is 0.0583. The molecule has 1 aliphatic heterocycles. The third kappa shape index (κ3) is 3.87. The number of benzene rings is 1. The lowest BCUT2D eigenvalue weighted by molar-refractivity contribution is -0.127. The monoisotopic (exact) mass is 303 g/mol. The van der Waals surface area contributed by atoms with Gasteiger partial charge in [-0.1, -0.05) is 38.1 Å². The summed E-state index contributed by atoms with van der Waals surface area (Å²) in [5, 5.41) is 3.06. The van der Waals surface area contributed by atoms with E-state index in [0.29, 0.717) is 6.54 Å². The molecule has 2 unspecified atom stereocenters. The van der Waals surface area contributed by atoms with Gasteiger partial charge in [0.05, 0.1) is 6.04 Å². The van der Waals surface area contributed by atoms with Gasteiger partial charge in [0.25, 0.3) is 0 Å². The molecule has 0 spiro atoms. The SMILES string of the molecule is Cc1ccccc1CNC(=O)C(C)N1CCC(N)C(C)(C)C1. The molecule has 4 nitrogen and oxygen atoms in total. The number of likely N-dealkylation sites (tertiary alicyclic amines) is 1. The topological polar surface area (TPSA) is 58.4 Å². The number of nitrogens with zero attached hydrogens (tertiary/aromatic N) is 1. The first-order valence-electron chi connectivity index (χ1n) is 8.13. The van der Waals surface area contributed by atoms with Crippen LogP contribution in [0.3, 0.4) is 0 Å². The average Bonchev–Trinajstić information content (AvgIpc) is 2.48. The Morgan fingerprint density at radius 1 is 1.45 bits per heavy atom. The number of carbonyl (C=O) groups excluding carboxylic acids is 1. The van der Waals surface area contributed by atoms with Crippen LogP contribution in [-0.4, -0.2) is 36.0 Å². The highest BCUT2D eigenvalue weighted by Crippen LogP contribution is 2.28. The average molecular weight is 303 g/mol. The summed E-state index contributed by atoms with van der Waals surface area (Å²) in [7, 11) is 0. The highest BCUT2D eigenvalue weighted by atomic mass is 16.2. The second kappa shape index (κ2) is 6.80. The van der Waals surface area contributed by atoms with Gasteiger partial charge in [0.2, 0.25) is 5.91 Å². The van der Waals surface area contributed by atoms with Gasteiger partial charge >= 0.3 is 0 Å². The van der Waals surface area contributed by atoms with E-state index in [-0.39, 0.29) is 23.4 Å². The van der Waals surface area contributed by atoms with Crippen LogP contribution in [0.2, 0.25) is 0 Å². The quantitative estimate of drug-likeness (QED) is 0.895. The van der Waals surface area contributed by atoms with E-state index in [1.165, 1.54) is 11.1 Å². The molecule has 1 aromatic rings. The van der Waals surface area contributed by atoms with Gasteiger partial charge in [-0.3, -0.25) is 9.69 Å². The number of nitrogens with one attached hydrogen (secondary N) is 1. The van der Waals surface area contributed by atoms with Crippen LogP contribution in [0.5, 0.6) is 0 Å². The minimum Gasteiger partial charge on any atom is -0.351 e. The number of piperidine rings is 1. The van der Waals surface area contributed by atoms with Crippen molar-refractivity contribution in [3.8, 4) is 0 Å². The largest absolute Gasteiger partial charge is 0.351 e. The Balaban J connectivity index is 1.91. The molecule has 22 heavy (non-hydrogen) atoms. The molecular weight excluding hydrogens is 274 g/mol. The summed E-state index contributed by atoms with van der Waals surface area (Å²) < 4.78 is 0. The molecule has 1 fully saturated rings. The lowest BCUT2D eigenvalue weighted by Crippen LogP contribution is -2.57. The normalized spacial score (nSPS) is 23.0. The molecule has 0 aliphatic carbocycles. The van der Waals surface area contributed by atoms with E-state index in [9.17, 15) is 4.79 Å². The van der Waals surface area contributed by atoms with Crippen LogP contribution in [0.15, 0.2) is 24.3 Å². The van der Waals surface area contributed by atoms with Crippen molar-refractivity contribution in [2.75, 3.05) is 13.1 Å². The molecule has 1 heterocycles. The molecule has 0 saturated carbocycles. The molecule has 1 saturated heterocycles. The zero-order valence-corrected chi connectivity index (χ0v) is 14.2. The van der Waals surface area contributed by atoms with Crippen LogP contribution in [-0.2, 0) is 11.3 Å². The Morgan fingerprint density at radius 2 is 2.14 bits per heavy atom. The maximum absolute atomic E-state index is 12.4. The summed E-state index contributed by atoms with van der Waals surface area (Å²) in [4.78, 5) is 14.7. The summed E-state index contributed by atoms with van der Waals surface area (Å²) in [5.74, 6) is 0.0922. The molecule has 1 amide bonds. The molecular formula is C18H29N3O. The fourth-order valence-corrected chi connectivity index (χ4v) is 3.05. The lowest BCUT2D eigenvalue weighted by Gasteiger charge is -2.44. The lowest BCUT2D eigenvalue weighted by atomic mass is 9.79. The predicted octanol–water partition coefficient (Wildman–Crippen LogP) is 2.06. The molecule has 1 aliphatic rings. The Bertz CT molecular complexity index is 527. The first-order chi connectivity index (χ1) is 10.3. The molecule has 0 bridgehead atoms. The van der Waals surface area contributed by atoms with E-state index in [1.54, 1.807) is 0 Å². The highest BCUT2D eigenvalue weighted by molar-refractivity contribution is 5.81. The van der Waals surface area contributed by atoms with Crippen molar-refractivity contribution in [1.82, 2.24) is 10.2 Å². The first kappa shape index (κ1) is 17.0. The van der Waals surface area contributed by atoms with Gasteiger partial charge in [-0.05, 0) is 36.8 Å². The third-order valence-corrected chi connectivity index (χ3v) is 4.98.